The molecule has 0 aliphatic rings. The summed E-state index contributed by atoms with van der Waals surface area (Å²) in [5, 5.41) is 7.78. The second-order valence-corrected chi connectivity index (χ2v) is 10.1. The monoisotopic (exact) mass is 489 g/mol. The number of carbonyl (C=O) groups is 2. The molecule has 0 saturated heterocycles. The fourth-order valence-corrected chi connectivity index (χ4v) is 4.16. The van der Waals surface area contributed by atoms with Crippen molar-refractivity contribution in [1.29, 1.82) is 0 Å². The normalized spacial score (nSPS) is 13.8. The number of nitrogens with one attached hydrogen (secondary N) is 2. The highest BCUT2D eigenvalue weighted by Gasteiger charge is 2.26. The molecule has 1 unspecified atom stereocenters. The van der Waals surface area contributed by atoms with E-state index < -0.39 is 44.1 Å². The van der Waals surface area contributed by atoms with Crippen molar-refractivity contribution in [2.45, 2.75) is 35.8 Å². The minimum Gasteiger partial charge on any atom is -0.451 e. The largest absolute Gasteiger partial charge is 0.451 e. The van der Waals surface area contributed by atoms with Crippen molar-refractivity contribution >= 4 is 49.2 Å². The zero-order valence-corrected chi connectivity index (χ0v) is 18.8. The summed E-state index contributed by atoms with van der Waals surface area (Å²) in [4.78, 5) is 24.2. The predicted octanol–water partition coefficient (Wildman–Crippen LogP) is 1.22. The third kappa shape index (κ3) is 7.01. The number of benzene rings is 2. The van der Waals surface area contributed by atoms with Crippen molar-refractivity contribution in [3.05, 3.63) is 53.6 Å². The van der Waals surface area contributed by atoms with Gasteiger partial charge in [-0.1, -0.05) is 17.7 Å². The van der Waals surface area contributed by atoms with E-state index in [4.69, 9.17) is 21.5 Å². The van der Waals surface area contributed by atoms with Gasteiger partial charge in [0.2, 0.25) is 20.0 Å². The highest BCUT2D eigenvalue weighted by molar-refractivity contribution is 7.89. The summed E-state index contributed by atoms with van der Waals surface area (Å²) in [5.74, 6) is -1.74. The summed E-state index contributed by atoms with van der Waals surface area (Å²) < 4.78 is 54.6. The van der Waals surface area contributed by atoms with Crippen LogP contribution in [0.1, 0.15) is 13.8 Å². The molecule has 0 fully saturated rings. The number of ether oxygens (including phenoxy) is 1. The van der Waals surface area contributed by atoms with Crippen molar-refractivity contribution in [1.82, 2.24) is 4.72 Å². The highest BCUT2D eigenvalue weighted by atomic mass is 35.5. The van der Waals surface area contributed by atoms with Gasteiger partial charge in [-0.05, 0) is 56.3 Å². The minimum absolute atomic E-state index is 0.0999. The molecule has 0 spiro atoms. The number of anilines is 1. The fourth-order valence-electron chi connectivity index (χ4n) is 2.29. The Morgan fingerprint density at radius 1 is 1.00 bits per heavy atom. The Kier molecular flexibility index (Phi) is 7.78. The first-order valence-electron chi connectivity index (χ1n) is 8.72. The van der Waals surface area contributed by atoms with Crippen LogP contribution in [0.5, 0.6) is 0 Å². The molecule has 0 aliphatic heterocycles. The Balaban J connectivity index is 1.99. The molecule has 1 amide bonds. The van der Waals surface area contributed by atoms with E-state index in [9.17, 15) is 26.4 Å². The van der Waals surface area contributed by atoms with Crippen LogP contribution >= 0.6 is 11.6 Å². The number of nitrogens with two attached hydrogens (primary N) is 1. The summed E-state index contributed by atoms with van der Waals surface area (Å²) in [7, 11) is -7.99. The summed E-state index contributed by atoms with van der Waals surface area (Å²) >= 11 is 5.73. The van der Waals surface area contributed by atoms with Gasteiger partial charge in [-0.15, -0.1) is 0 Å². The number of esters is 1. The predicted molar refractivity (Wildman–Crippen MR) is 113 cm³/mol. The SMILES string of the molecule is CC(OC(=O)[C@H](C)NS(=O)(=O)c1ccc(Cl)cc1)C(=O)Nc1cccc(S(N)(=O)=O)c1. The van der Waals surface area contributed by atoms with Crippen LogP contribution in [0.15, 0.2) is 58.3 Å². The molecule has 2 aromatic rings. The van der Waals surface area contributed by atoms with Crippen LogP contribution in [0.3, 0.4) is 0 Å². The van der Waals surface area contributed by atoms with Gasteiger partial charge in [-0.25, -0.2) is 22.0 Å². The van der Waals surface area contributed by atoms with Gasteiger partial charge in [0, 0.05) is 10.7 Å². The van der Waals surface area contributed by atoms with Gasteiger partial charge >= 0.3 is 5.97 Å². The molecule has 13 heteroatoms. The maximum atomic E-state index is 12.3. The Hall–Kier alpha value is -2.51. The van der Waals surface area contributed by atoms with Gasteiger partial charge in [-0.2, -0.15) is 4.72 Å². The Morgan fingerprint density at radius 2 is 1.61 bits per heavy atom. The standard InChI is InChI=1S/C18H20ClN3O7S2/c1-11(22-31(27,28)15-8-6-13(19)7-9-15)18(24)29-12(2)17(23)21-14-4-3-5-16(10-14)30(20,25)26/h3-12,22H,1-2H3,(H,21,23)(H2,20,25,26)/t11-,12?/m0/s1. The van der Waals surface area contributed by atoms with E-state index in [1.54, 1.807) is 0 Å². The Bertz CT molecular complexity index is 1180. The van der Waals surface area contributed by atoms with Gasteiger partial charge in [-0.3, -0.25) is 9.59 Å². The van der Waals surface area contributed by atoms with Crippen LogP contribution in [0.2, 0.25) is 5.02 Å². The second kappa shape index (κ2) is 9.75. The van der Waals surface area contributed by atoms with Crippen LogP contribution in [0.25, 0.3) is 0 Å². The number of hydrogen-bond acceptors (Lipinski definition) is 7. The number of carbonyl (C=O) groups excluding carboxylic acids is 2. The van der Waals surface area contributed by atoms with Gasteiger partial charge < -0.3 is 10.1 Å². The molecule has 0 aliphatic carbocycles. The summed E-state index contributed by atoms with van der Waals surface area (Å²) in [5.41, 5.74) is 0.121. The Labute approximate surface area is 184 Å². The van der Waals surface area contributed by atoms with E-state index in [2.05, 4.69) is 10.0 Å². The average molecular weight is 490 g/mol. The van der Waals surface area contributed by atoms with Crippen LogP contribution in [0, 0.1) is 0 Å². The smallest absolute Gasteiger partial charge is 0.324 e. The third-order valence-corrected chi connectivity index (χ3v) is 6.62. The van der Waals surface area contributed by atoms with E-state index in [1.807, 2.05) is 0 Å². The zero-order chi connectivity index (χ0) is 23.4. The quantitative estimate of drug-likeness (QED) is 0.469. The summed E-state index contributed by atoms with van der Waals surface area (Å²) in [6.07, 6.45) is -1.30. The van der Waals surface area contributed by atoms with E-state index in [0.29, 0.717) is 5.02 Å². The molecule has 168 valence electrons. The van der Waals surface area contributed by atoms with Crippen LogP contribution in [-0.2, 0) is 34.4 Å². The fraction of sp³-hybridized carbons (Fsp3) is 0.222. The number of rotatable bonds is 8. The van der Waals surface area contributed by atoms with Gasteiger partial charge in [0.05, 0.1) is 9.79 Å². The van der Waals surface area contributed by atoms with Crippen LogP contribution < -0.4 is 15.2 Å². The van der Waals surface area contributed by atoms with E-state index in [-0.39, 0.29) is 15.5 Å². The van der Waals surface area contributed by atoms with E-state index in [0.717, 1.165) is 6.07 Å². The van der Waals surface area contributed by atoms with Gasteiger partial charge in [0.15, 0.2) is 6.10 Å². The van der Waals surface area contributed by atoms with Crippen molar-refractivity contribution in [2.75, 3.05) is 5.32 Å². The molecule has 0 heterocycles. The second-order valence-electron chi connectivity index (χ2n) is 6.44. The summed E-state index contributed by atoms with van der Waals surface area (Å²) in [6.45, 7) is 2.53. The minimum atomic E-state index is -4.02. The van der Waals surface area contributed by atoms with Crippen molar-refractivity contribution in [3.8, 4) is 0 Å². The number of primary sulfonamides is 1. The highest BCUT2D eigenvalue weighted by Crippen LogP contribution is 2.16. The maximum Gasteiger partial charge on any atom is 0.324 e. The number of hydrogen-bond donors (Lipinski definition) is 3. The molecule has 10 nitrogen and oxygen atoms in total. The number of sulfonamides is 2. The molecule has 0 saturated carbocycles. The number of halogens is 1. The molecule has 0 bridgehead atoms. The first-order chi connectivity index (χ1) is 14.3. The van der Waals surface area contributed by atoms with E-state index >= 15 is 0 Å². The molecule has 2 aromatic carbocycles. The van der Waals surface area contributed by atoms with Crippen LogP contribution in [0.4, 0.5) is 5.69 Å². The van der Waals surface area contributed by atoms with Crippen molar-refractivity contribution < 1.29 is 31.2 Å². The lowest BCUT2D eigenvalue weighted by molar-refractivity contribution is -0.154. The molecule has 31 heavy (non-hydrogen) atoms. The molecule has 4 N–H and O–H groups in total. The van der Waals surface area contributed by atoms with Gasteiger partial charge in [0.1, 0.15) is 6.04 Å². The number of amides is 1. The molecular weight excluding hydrogens is 470 g/mol. The lowest BCUT2D eigenvalue weighted by Gasteiger charge is -2.18. The first kappa shape index (κ1) is 24.8. The lowest BCUT2D eigenvalue weighted by atomic mass is 10.3. The maximum absolute atomic E-state index is 12.3. The van der Waals surface area contributed by atoms with Gasteiger partial charge in [0.25, 0.3) is 5.91 Å². The van der Waals surface area contributed by atoms with Crippen molar-refractivity contribution in [2.24, 2.45) is 5.14 Å². The molecule has 2 atom stereocenters. The molecular formula is C18H20ClN3O7S2. The first-order valence-corrected chi connectivity index (χ1v) is 12.1. The average Bonchev–Trinajstić information content (AvgIpc) is 2.67. The topological polar surface area (TPSA) is 162 Å². The zero-order valence-electron chi connectivity index (χ0n) is 16.4. The Morgan fingerprint density at radius 3 is 2.19 bits per heavy atom. The van der Waals surface area contributed by atoms with E-state index in [1.165, 1.54) is 56.3 Å². The van der Waals surface area contributed by atoms with Crippen LogP contribution in [-0.4, -0.2) is 40.9 Å². The lowest BCUT2D eigenvalue weighted by Crippen LogP contribution is -2.42. The summed E-state index contributed by atoms with van der Waals surface area (Å²) in [6, 6.07) is 9.22. The molecule has 0 aromatic heterocycles. The third-order valence-electron chi connectivity index (χ3n) is 3.90. The molecule has 2 rings (SSSR count). The molecule has 0 radical (unpaired) electrons. The van der Waals surface area contributed by atoms with Crippen molar-refractivity contribution in [3.63, 3.8) is 0 Å².